The first-order valence-corrected chi connectivity index (χ1v) is 9.54. The van der Waals surface area contributed by atoms with Crippen LogP contribution in [0, 0.1) is 5.82 Å². The maximum atomic E-state index is 13.4. The third-order valence-corrected chi connectivity index (χ3v) is 4.68. The standard InChI is InChI=1S/C20H25FN4O2/c1-2-3-5-11-22-19(26)17-16-10-4-6-12-25(16)18(24-17)20(27)23-15-9-7-8-14(21)13-15/h7-9,13H,2-6,10-12H2,1H3,(H,22,26)(H,23,27). The highest BCUT2D eigenvalue weighted by molar-refractivity contribution is 6.03. The van der Waals surface area contributed by atoms with Gasteiger partial charge >= 0.3 is 0 Å². The number of benzene rings is 1. The third-order valence-electron chi connectivity index (χ3n) is 4.68. The van der Waals surface area contributed by atoms with Gasteiger partial charge in [0.2, 0.25) is 0 Å². The molecule has 1 aromatic carbocycles. The normalized spacial score (nSPS) is 13.1. The molecule has 3 rings (SSSR count). The molecule has 1 aromatic heterocycles. The first-order valence-electron chi connectivity index (χ1n) is 9.54. The number of anilines is 1. The number of hydrogen-bond donors (Lipinski definition) is 2. The van der Waals surface area contributed by atoms with Gasteiger partial charge in [0.25, 0.3) is 11.8 Å². The van der Waals surface area contributed by atoms with Crippen LogP contribution in [0.1, 0.15) is 65.8 Å². The minimum atomic E-state index is -0.436. The first kappa shape index (κ1) is 19.1. The Balaban J connectivity index is 1.80. The number of halogens is 1. The predicted molar refractivity (Wildman–Crippen MR) is 101 cm³/mol. The molecule has 1 aliphatic rings. The lowest BCUT2D eigenvalue weighted by atomic mass is 10.1. The van der Waals surface area contributed by atoms with Gasteiger partial charge < -0.3 is 15.2 Å². The SMILES string of the molecule is CCCCCNC(=O)c1nc(C(=O)Nc2cccc(F)c2)n2c1CCCC2. The highest BCUT2D eigenvalue weighted by Gasteiger charge is 2.27. The van der Waals surface area contributed by atoms with Crippen LogP contribution in [0.3, 0.4) is 0 Å². The van der Waals surface area contributed by atoms with Crippen molar-refractivity contribution in [3.63, 3.8) is 0 Å². The minimum absolute atomic E-state index is 0.202. The number of amides is 2. The second-order valence-electron chi connectivity index (χ2n) is 6.77. The fourth-order valence-electron chi connectivity index (χ4n) is 3.31. The summed E-state index contributed by atoms with van der Waals surface area (Å²) in [5.41, 5.74) is 1.49. The molecule has 0 fully saturated rings. The van der Waals surface area contributed by atoms with Gasteiger partial charge in [-0.1, -0.05) is 25.8 Å². The van der Waals surface area contributed by atoms with Gasteiger partial charge in [0.15, 0.2) is 5.82 Å². The van der Waals surface area contributed by atoms with E-state index in [0.717, 1.165) is 44.2 Å². The summed E-state index contributed by atoms with van der Waals surface area (Å²) in [7, 11) is 0. The Hall–Kier alpha value is -2.70. The summed E-state index contributed by atoms with van der Waals surface area (Å²) >= 11 is 0. The maximum absolute atomic E-state index is 13.4. The molecule has 7 heteroatoms. The molecule has 0 unspecified atom stereocenters. The zero-order valence-corrected chi connectivity index (χ0v) is 15.6. The van der Waals surface area contributed by atoms with Crippen LogP contribution in [-0.2, 0) is 13.0 Å². The van der Waals surface area contributed by atoms with Gasteiger partial charge in [-0.05, 0) is 43.9 Å². The quantitative estimate of drug-likeness (QED) is 0.730. The van der Waals surface area contributed by atoms with Crippen molar-refractivity contribution >= 4 is 17.5 Å². The molecule has 2 N–H and O–H groups in total. The lowest BCUT2D eigenvalue weighted by Gasteiger charge is -2.17. The summed E-state index contributed by atoms with van der Waals surface area (Å²) in [5, 5.41) is 5.56. The molecule has 2 aromatic rings. The number of hydrogen-bond acceptors (Lipinski definition) is 3. The Bertz CT molecular complexity index is 831. The first-order chi connectivity index (χ1) is 13.1. The Morgan fingerprint density at radius 3 is 2.85 bits per heavy atom. The molecule has 0 aliphatic carbocycles. The number of imidazole rings is 1. The Morgan fingerprint density at radius 2 is 2.07 bits per heavy atom. The van der Waals surface area contributed by atoms with E-state index in [9.17, 15) is 14.0 Å². The van der Waals surface area contributed by atoms with Crippen molar-refractivity contribution in [3.05, 3.63) is 47.3 Å². The summed E-state index contributed by atoms with van der Waals surface area (Å²) in [6.45, 7) is 3.36. The number of nitrogens with one attached hydrogen (secondary N) is 2. The average molecular weight is 372 g/mol. The van der Waals surface area contributed by atoms with Crippen molar-refractivity contribution in [2.45, 2.75) is 52.0 Å². The molecular weight excluding hydrogens is 347 g/mol. The molecule has 0 saturated carbocycles. The van der Waals surface area contributed by atoms with E-state index in [2.05, 4.69) is 22.5 Å². The zero-order valence-electron chi connectivity index (χ0n) is 15.6. The molecule has 6 nitrogen and oxygen atoms in total. The highest BCUT2D eigenvalue weighted by atomic mass is 19.1. The second-order valence-corrected chi connectivity index (χ2v) is 6.77. The molecule has 27 heavy (non-hydrogen) atoms. The summed E-state index contributed by atoms with van der Waals surface area (Å²) < 4.78 is 15.2. The van der Waals surface area contributed by atoms with E-state index in [1.54, 1.807) is 6.07 Å². The molecule has 0 spiro atoms. The van der Waals surface area contributed by atoms with Crippen LogP contribution in [0.4, 0.5) is 10.1 Å². The monoisotopic (exact) mass is 372 g/mol. The fraction of sp³-hybridized carbons (Fsp3) is 0.450. The molecule has 1 aliphatic heterocycles. The van der Waals surface area contributed by atoms with E-state index in [-0.39, 0.29) is 11.7 Å². The summed E-state index contributed by atoms with van der Waals surface area (Å²) in [4.78, 5) is 29.6. The molecule has 2 amide bonds. The number of unbranched alkanes of at least 4 members (excludes halogenated alkanes) is 2. The van der Waals surface area contributed by atoms with Crippen molar-refractivity contribution in [1.29, 1.82) is 0 Å². The van der Waals surface area contributed by atoms with Gasteiger partial charge in [-0.25, -0.2) is 9.37 Å². The van der Waals surface area contributed by atoms with Crippen molar-refractivity contribution < 1.29 is 14.0 Å². The number of carbonyl (C=O) groups excluding carboxylic acids is 2. The Kier molecular flexibility index (Phi) is 6.21. The van der Waals surface area contributed by atoms with Crippen LogP contribution in [-0.4, -0.2) is 27.9 Å². The number of aromatic nitrogens is 2. The molecular formula is C20H25FN4O2. The lowest BCUT2D eigenvalue weighted by Crippen LogP contribution is -2.26. The van der Waals surface area contributed by atoms with Gasteiger partial charge in [-0.3, -0.25) is 9.59 Å². The van der Waals surface area contributed by atoms with Crippen molar-refractivity contribution in [3.8, 4) is 0 Å². The molecule has 0 bridgehead atoms. The lowest BCUT2D eigenvalue weighted by molar-refractivity contribution is 0.0947. The topological polar surface area (TPSA) is 76.0 Å². The Labute approximate surface area is 158 Å². The minimum Gasteiger partial charge on any atom is -0.351 e. The van der Waals surface area contributed by atoms with Gasteiger partial charge in [0.05, 0.1) is 5.69 Å². The molecule has 0 radical (unpaired) electrons. The van der Waals surface area contributed by atoms with Crippen LogP contribution in [0.25, 0.3) is 0 Å². The smallest absolute Gasteiger partial charge is 0.291 e. The Morgan fingerprint density at radius 1 is 1.22 bits per heavy atom. The van der Waals surface area contributed by atoms with E-state index in [1.807, 2.05) is 4.57 Å². The van der Waals surface area contributed by atoms with E-state index in [0.29, 0.717) is 24.5 Å². The summed E-state index contributed by atoms with van der Waals surface area (Å²) in [5.74, 6) is -0.895. The van der Waals surface area contributed by atoms with Crippen LogP contribution < -0.4 is 10.6 Å². The number of carbonyl (C=O) groups is 2. The number of fused-ring (bicyclic) bond motifs is 1. The van der Waals surface area contributed by atoms with Gasteiger partial charge in [0.1, 0.15) is 11.5 Å². The van der Waals surface area contributed by atoms with E-state index < -0.39 is 11.7 Å². The van der Waals surface area contributed by atoms with Crippen molar-refractivity contribution in [2.24, 2.45) is 0 Å². The summed E-state index contributed by atoms with van der Waals surface area (Å²) in [6, 6.07) is 5.71. The number of rotatable bonds is 7. The van der Waals surface area contributed by atoms with Gasteiger partial charge in [-0.15, -0.1) is 0 Å². The van der Waals surface area contributed by atoms with Crippen molar-refractivity contribution in [1.82, 2.24) is 14.9 Å². The van der Waals surface area contributed by atoms with E-state index >= 15 is 0 Å². The summed E-state index contributed by atoms with van der Waals surface area (Å²) in [6.07, 6.45) is 5.68. The predicted octanol–water partition coefficient (Wildman–Crippen LogP) is 3.53. The molecule has 0 atom stereocenters. The fourth-order valence-corrected chi connectivity index (χ4v) is 3.31. The van der Waals surface area contributed by atoms with Crippen LogP contribution in [0.15, 0.2) is 24.3 Å². The second kappa shape index (κ2) is 8.79. The van der Waals surface area contributed by atoms with Crippen LogP contribution in [0.5, 0.6) is 0 Å². The maximum Gasteiger partial charge on any atom is 0.291 e. The molecule has 144 valence electrons. The largest absolute Gasteiger partial charge is 0.351 e. The number of nitrogens with zero attached hydrogens (tertiary/aromatic N) is 2. The van der Waals surface area contributed by atoms with Crippen LogP contribution in [0.2, 0.25) is 0 Å². The van der Waals surface area contributed by atoms with Crippen LogP contribution >= 0.6 is 0 Å². The molecule has 2 heterocycles. The third kappa shape index (κ3) is 4.53. The van der Waals surface area contributed by atoms with E-state index in [4.69, 9.17) is 0 Å². The highest BCUT2D eigenvalue weighted by Crippen LogP contribution is 2.22. The van der Waals surface area contributed by atoms with Gasteiger partial charge in [-0.2, -0.15) is 0 Å². The average Bonchev–Trinajstić information content (AvgIpc) is 3.05. The van der Waals surface area contributed by atoms with Gasteiger partial charge in [0, 0.05) is 18.8 Å². The van der Waals surface area contributed by atoms with E-state index in [1.165, 1.54) is 18.2 Å². The zero-order chi connectivity index (χ0) is 19.2. The van der Waals surface area contributed by atoms with Crippen molar-refractivity contribution in [2.75, 3.05) is 11.9 Å². The molecule has 0 saturated heterocycles.